The van der Waals surface area contributed by atoms with E-state index in [1.54, 1.807) is 4.31 Å². The molecule has 2 saturated heterocycles. The molecular formula is C10H21NO4S2. The minimum absolute atomic E-state index is 0.0482. The van der Waals surface area contributed by atoms with Crippen molar-refractivity contribution in [3.63, 3.8) is 0 Å². The minimum atomic E-state index is -3.18. The molecule has 102 valence electrons. The zero-order valence-corrected chi connectivity index (χ0v) is 12.2. The molecule has 0 aromatic carbocycles. The van der Waals surface area contributed by atoms with E-state index in [1.165, 1.54) is 0 Å². The van der Waals surface area contributed by atoms with Crippen LogP contribution in [0, 0.1) is 0 Å². The van der Waals surface area contributed by atoms with Gasteiger partial charge in [-0.25, -0.2) is 18.4 Å². The van der Waals surface area contributed by atoms with E-state index in [0.29, 0.717) is 32.9 Å². The lowest BCUT2D eigenvalue weighted by Gasteiger charge is -2.43. The first-order valence-electron chi connectivity index (χ1n) is 5.67. The van der Waals surface area contributed by atoms with Crippen LogP contribution in [-0.4, -0.2) is 75.1 Å². The van der Waals surface area contributed by atoms with Gasteiger partial charge < -0.3 is 9.47 Å². The molecule has 0 aromatic heterocycles. The summed E-state index contributed by atoms with van der Waals surface area (Å²) in [5.74, 6) is 0. The van der Waals surface area contributed by atoms with Crippen LogP contribution in [0.2, 0.25) is 0 Å². The second kappa shape index (κ2) is 4.70. The van der Waals surface area contributed by atoms with Crippen molar-refractivity contribution in [1.82, 2.24) is 4.31 Å². The van der Waals surface area contributed by atoms with Crippen LogP contribution in [-0.2, 0) is 19.5 Å². The van der Waals surface area contributed by atoms with Crippen molar-refractivity contribution >= 4 is 20.1 Å². The molecule has 0 aliphatic carbocycles. The third-order valence-electron chi connectivity index (χ3n) is 3.17. The zero-order valence-electron chi connectivity index (χ0n) is 10.6. The van der Waals surface area contributed by atoms with Crippen molar-refractivity contribution in [1.29, 1.82) is 0 Å². The van der Waals surface area contributed by atoms with Gasteiger partial charge in [0.05, 0.1) is 19.8 Å². The van der Waals surface area contributed by atoms with E-state index < -0.39 is 20.1 Å². The summed E-state index contributed by atoms with van der Waals surface area (Å²) in [6.45, 7) is 2.16. The Morgan fingerprint density at radius 2 is 1.82 bits per heavy atom. The summed E-state index contributed by atoms with van der Waals surface area (Å²) in [4.78, 5) is 0. The number of morpholine rings is 1. The normalized spacial score (nSPS) is 29.9. The quantitative estimate of drug-likeness (QED) is 0.735. The Labute approximate surface area is 105 Å². The molecular weight excluding hydrogens is 262 g/mol. The highest BCUT2D eigenvalue weighted by molar-refractivity contribution is 8.32. The lowest BCUT2D eigenvalue weighted by Crippen LogP contribution is -2.54. The molecule has 2 rings (SSSR count). The molecule has 2 aliphatic heterocycles. The lowest BCUT2D eigenvalue weighted by atomic mass is 10.4. The number of hydrogen-bond acceptors (Lipinski definition) is 4. The third-order valence-corrected chi connectivity index (χ3v) is 7.20. The van der Waals surface area contributed by atoms with Gasteiger partial charge in [0.15, 0.2) is 0 Å². The Morgan fingerprint density at radius 3 is 2.29 bits per heavy atom. The Morgan fingerprint density at radius 1 is 1.18 bits per heavy atom. The fourth-order valence-electron chi connectivity index (χ4n) is 1.85. The predicted molar refractivity (Wildman–Crippen MR) is 70.2 cm³/mol. The van der Waals surface area contributed by atoms with Crippen LogP contribution in [0.5, 0.6) is 0 Å². The summed E-state index contributed by atoms with van der Waals surface area (Å²) in [5.41, 5.74) is 0.0482. The Kier molecular flexibility index (Phi) is 3.76. The molecule has 0 aromatic rings. The standard InChI is InChI=1S/C10H21NO4S2/c1-16(2,3)10-6-11(4-5-15-10)17(12,13)9-7-14-8-9/h9-10H,4-8H2,1-3H3. The number of ether oxygens (including phenoxy) is 2. The molecule has 1 unspecified atom stereocenters. The Balaban J connectivity index is 2.07. The molecule has 0 saturated carbocycles. The summed E-state index contributed by atoms with van der Waals surface area (Å²) in [7, 11) is -4.07. The third kappa shape index (κ3) is 2.78. The zero-order chi connectivity index (χ0) is 12.7. The van der Waals surface area contributed by atoms with Gasteiger partial charge in [-0.2, -0.15) is 4.31 Å². The molecule has 0 spiro atoms. The van der Waals surface area contributed by atoms with Gasteiger partial charge in [-0.1, -0.05) is 0 Å². The smallest absolute Gasteiger partial charge is 0.221 e. The SMILES string of the molecule is CS(C)(C)C1CN(S(=O)(=O)C2COC2)CCO1. The number of rotatable bonds is 3. The van der Waals surface area contributed by atoms with E-state index in [4.69, 9.17) is 9.47 Å². The summed E-state index contributed by atoms with van der Waals surface area (Å²) in [5, 5.41) is -0.337. The Hall–Kier alpha value is 0.180. The van der Waals surface area contributed by atoms with E-state index in [1.807, 2.05) is 0 Å². The topological polar surface area (TPSA) is 55.8 Å². The van der Waals surface area contributed by atoms with Gasteiger partial charge in [-0.15, -0.1) is 0 Å². The van der Waals surface area contributed by atoms with E-state index in [2.05, 4.69) is 18.8 Å². The lowest BCUT2D eigenvalue weighted by molar-refractivity contribution is 0.0282. The molecule has 2 fully saturated rings. The highest BCUT2D eigenvalue weighted by Crippen LogP contribution is 2.43. The van der Waals surface area contributed by atoms with Crippen LogP contribution in [0.25, 0.3) is 0 Å². The highest BCUT2D eigenvalue weighted by atomic mass is 32.3. The summed E-state index contributed by atoms with van der Waals surface area (Å²) in [6, 6.07) is 0. The van der Waals surface area contributed by atoms with Gasteiger partial charge in [0.1, 0.15) is 10.7 Å². The van der Waals surface area contributed by atoms with Crippen molar-refractivity contribution in [2.24, 2.45) is 0 Å². The average Bonchev–Trinajstić information content (AvgIpc) is 2.13. The maximum atomic E-state index is 12.2. The first-order chi connectivity index (χ1) is 7.82. The van der Waals surface area contributed by atoms with Crippen LogP contribution in [0.1, 0.15) is 0 Å². The molecule has 0 bridgehead atoms. The fourth-order valence-corrected chi connectivity index (χ4v) is 4.71. The summed E-state index contributed by atoms with van der Waals surface area (Å²) < 4.78 is 36.7. The van der Waals surface area contributed by atoms with Crippen LogP contribution >= 0.6 is 10.0 Å². The van der Waals surface area contributed by atoms with E-state index in [-0.39, 0.29) is 10.7 Å². The van der Waals surface area contributed by atoms with E-state index in [0.717, 1.165) is 0 Å². The van der Waals surface area contributed by atoms with Crippen molar-refractivity contribution in [3.8, 4) is 0 Å². The fraction of sp³-hybridized carbons (Fsp3) is 1.00. The van der Waals surface area contributed by atoms with Gasteiger partial charge in [0.2, 0.25) is 10.0 Å². The van der Waals surface area contributed by atoms with Crippen LogP contribution < -0.4 is 0 Å². The average molecular weight is 283 g/mol. The molecule has 0 amide bonds. The number of sulfonamides is 1. The van der Waals surface area contributed by atoms with Gasteiger partial charge >= 0.3 is 0 Å². The monoisotopic (exact) mass is 283 g/mol. The van der Waals surface area contributed by atoms with Crippen LogP contribution in [0.15, 0.2) is 0 Å². The van der Waals surface area contributed by atoms with Crippen LogP contribution in [0.4, 0.5) is 0 Å². The van der Waals surface area contributed by atoms with Gasteiger partial charge in [0.25, 0.3) is 0 Å². The molecule has 5 nitrogen and oxygen atoms in total. The second-order valence-electron chi connectivity index (χ2n) is 5.29. The summed E-state index contributed by atoms with van der Waals surface area (Å²) >= 11 is 0. The van der Waals surface area contributed by atoms with E-state index >= 15 is 0 Å². The van der Waals surface area contributed by atoms with Crippen molar-refractivity contribution < 1.29 is 17.9 Å². The Bertz CT molecular complexity index is 372. The van der Waals surface area contributed by atoms with E-state index in [9.17, 15) is 8.42 Å². The minimum Gasteiger partial charge on any atom is -0.378 e. The maximum absolute atomic E-state index is 12.2. The van der Waals surface area contributed by atoms with Crippen LogP contribution in [0.3, 0.4) is 0 Å². The predicted octanol–water partition coefficient (Wildman–Crippen LogP) is 0.0673. The second-order valence-corrected chi connectivity index (χ2v) is 11.9. The first kappa shape index (κ1) is 13.6. The number of hydrogen-bond donors (Lipinski definition) is 0. The van der Waals surface area contributed by atoms with Crippen molar-refractivity contribution in [3.05, 3.63) is 0 Å². The molecule has 1 atom stereocenters. The first-order valence-corrected chi connectivity index (χ1v) is 10.1. The number of nitrogens with zero attached hydrogens (tertiary/aromatic N) is 1. The molecule has 0 radical (unpaired) electrons. The van der Waals surface area contributed by atoms with Gasteiger partial charge in [0, 0.05) is 13.1 Å². The molecule has 2 aliphatic rings. The summed E-state index contributed by atoms with van der Waals surface area (Å²) in [6.07, 6.45) is 6.46. The molecule has 0 N–H and O–H groups in total. The van der Waals surface area contributed by atoms with Crippen molar-refractivity contribution in [2.45, 2.75) is 10.7 Å². The van der Waals surface area contributed by atoms with Gasteiger partial charge in [-0.3, -0.25) is 0 Å². The van der Waals surface area contributed by atoms with Gasteiger partial charge in [-0.05, 0) is 18.8 Å². The van der Waals surface area contributed by atoms with Crippen molar-refractivity contribution in [2.75, 3.05) is 51.7 Å². The molecule has 2 heterocycles. The molecule has 7 heteroatoms. The molecule has 17 heavy (non-hydrogen) atoms. The maximum Gasteiger partial charge on any atom is 0.221 e. The largest absolute Gasteiger partial charge is 0.378 e. The highest BCUT2D eigenvalue weighted by Gasteiger charge is 2.40.